The molecule has 4 heteroatoms. The molecule has 2 N–H and O–H groups in total. The van der Waals surface area contributed by atoms with E-state index in [1.807, 2.05) is 6.92 Å². The zero-order valence-corrected chi connectivity index (χ0v) is 8.61. The second-order valence-corrected chi connectivity index (χ2v) is 4.30. The van der Waals surface area contributed by atoms with Crippen molar-refractivity contribution in [2.45, 2.75) is 27.2 Å². The number of carbonyl (C=O) groups is 1. The molecule has 0 aromatic heterocycles. The maximum absolute atomic E-state index is 11.0. The molecule has 0 aromatic carbocycles. The van der Waals surface area contributed by atoms with Gasteiger partial charge in [-0.25, -0.2) is 0 Å². The Bertz CT molecular complexity index is 315. The largest absolute Gasteiger partial charge is 0.481 e. The van der Waals surface area contributed by atoms with Gasteiger partial charge in [-0.05, 0) is 33.3 Å². The van der Waals surface area contributed by atoms with Crippen molar-refractivity contribution in [2.24, 2.45) is 16.5 Å². The average Bonchev–Trinajstić information content (AvgIpc) is 2.46. The molecule has 1 rings (SSSR count). The van der Waals surface area contributed by atoms with E-state index in [4.69, 9.17) is 10.3 Å². The summed E-state index contributed by atoms with van der Waals surface area (Å²) >= 11 is 0. The van der Waals surface area contributed by atoms with Crippen LogP contribution in [0.4, 0.5) is 0 Å². The summed E-state index contributed by atoms with van der Waals surface area (Å²) in [4.78, 5) is 11.0. The van der Waals surface area contributed by atoms with Crippen molar-refractivity contribution in [3.05, 3.63) is 11.6 Å². The molecule has 0 saturated heterocycles. The highest BCUT2D eigenvalue weighted by Crippen LogP contribution is 2.37. The molecule has 0 heterocycles. The fourth-order valence-corrected chi connectivity index (χ4v) is 1.71. The number of rotatable bonds is 2. The van der Waals surface area contributed by atoms with Gasteiger partial charge in [0.15, 0.2) is 0 Å². The summed E-state index contributed by atoms with van der Waals surface area (Å²) < 4.78 is 0. The smallest absolute Gasteiger partial charge is 0.309 e. The zero-order chi connectivity index (χ0) is 10.9. The van der Waals surface area contributed by atoms with E-state index in [9.17, 15) is 4.79 Å². The molecule has 1 unspecified atom stereocenters. The monoisotopic (exact) mass is 197 g/mol. The molecule has 1 aliphatic rings. The van der Waals surface area contributed by atoms with Crippen LogP contribution in [0.15, 0.2) is 16.8 Å². The molecule has 14 heavy (non-hydrogen) atoms. The summed E-state index contributed by atoms with van der Waals surface area (Å²) in [5.41, 5.74) is 0.627. The predicted octanol–water partition coefficient (Wildman–Crippen LogP) is 1.89. The van der Waals surface area contributed by atoms with Gasteiger partial charge in [-0.1, -0.05) is 10.7 Å². The van der Waals surface area contributed by atoms with Crippen molar-refractivity contribution >= 4 is 11.7 Å². The molecular formula is C10H15NO3. The van der Waals surface area contributed by atoms with Gasteiger partial charge in [-0.15, -0.1) is 0 Å². The molecule has 1 aliphatic carbocycles. The van der Waals surface area contributed by atoms with Crippen LogP contribution < -0.4 is 0 Å². The number of nitrogens with zero attached hydrogens (tertiary/aromatic N) is 1. The highest BCUT2D eigenvalue weighted by atomic mass is 16.4. The lowest BCUT2D eigenvalue weighted by molar-refractivity contribution is -0.148. The third-order valence-corrected chi connectivity index (χ3v) is 2.82. The van der Waals surface area contributed by atoms with Crippen LogP contribution in [0.5, 0.6) is 0 Å². The topological polar surface area (TPSA) is 69.9 Å². The normalized spacial score (nSPS) is 25.2. The molecule has 0 fully saturated rings. The van der Waals surface area contributed by atoms with Gasteiger partial charge in [-0.2, -0.15) is 0 Å². The lowest BCUT2D eigenvalue weighted by Gasteiger charge is -2.26. The molecule has 0 bridgehead atoms. The molecule has 0 radical (unpaired) electrons. The second kappa shape index (κ2) is 3.44. The Labute approximate surface area is 82.9 Å². The second-order valence-electron chi connectivity index (χ2n) is 4.30. The standard InChI is InChI=1S/C10H15NO3/c1-6-4-7(8(5-6)11-14)10(2,3)9(12)13/h5,7,14H,4H2,1-3H3,(H,12,13)/b11-8+. The first kappa shape index (κ1) is 10.8. The minimum atomic E-state index is -0.893. The number of allylic oxidation sites excluding steroid dienone is 2. The van der Waals surface area contributed by atoms with E-state index in [0.717, 1.165) is 5.57 Å². The molecule has 0 aromatic rings. The van der Waals surface area contributed by atoms with Crippen LogP contribution in [-0.2, 0) is 4.79 Å². The van der Waals surface area contributed by atoms with E-state index >= 15 is 0 Å². The lowest BCUT2D eigenvalue weighted by Crippen LogP contribution is -2.35. The molecule has 0 aliphatic heterocycles. The van der Waals surface area contributed by atoms with Crippen molar-refractivity contribution in [3.8, 4) is 0 Å². The number of carboxylic acids is 1. The van der Waals surface area contributed by atoms with Crippen molar-refractivity contribution in [3.63, 3.8) is 0 Å². The molecule has 78 valence electrons. The Hall–Kier alpha value is -1.32. The summed E-state index contributed by atoms with van der Waals surface area (Å²) in [7, 11) is 0. The van der Waals surface area contributed by atoms with E-state index < -0.39 is 11.4 Å². The molecule has 4 nitrogen and oxygen atoms in total. The van der Waals surface area contributed by atoms with Gasteiger partial charge in [-0.3, -0.25) is 4.79 Å². The Morgan fingerprint density at radius 2 is 2.21 bits per heavy atom. The quantitative estimate of drug-likeness (QED) is 0.524. The highest BCUT2D eigenvalue weighted by molar-refractivity contribution is 6.02. The van der Waals surface area contributed by atoms with Gasteiger partial charge in [0.25, 0.3) is 0 Å². The lowest BCUT2D eigenvalue weighted by atomic mass is 9.76. The van der Waals surface area contributed by atoms with E-state index in [1.54, 1.807) is 19.9 Å². The van der Waals surface area contributed by atoms with Crippen LogP contribution in [-0.4, -0.2) is 22.0 Å². The van der Waals surface area contributed by atoms with Gasteiger partial charge in [0.2, 0.25) is 0 Å². The van der Waals surface area contributed by atoms with Crippen molar-refractivity contribution in [2.75, 3.05) is 0 Å². The Kier molecular flexibility index (Phi) is 2.64. The summed E-state index contributed by atoms with van der Waals surface area (Å²) in [5.74, 6) is -1.10. The van der Waals surface area contributed by atoms with Crippen molar-refractivity contribution in [1.29, 1.82) is 0 Å². The predicted molar refractivity (Wildman–Crippen MR) is 52.5 cm³/mol. The van der Waals surface area contributed by atoms with E-state index in [-0.39, 0.29) is 5.92 Å². The van der Waals surface area contributed by atoms with Crippen molar-refractivity contribution < 1.29 is 15.1 Å². The fraction of sp³-hybridized carbons (Fsp3) is 0.600. The van der Waals surface area contributed by atoms with E-state index in [1.165, 1.54) is 0 Å². The Balaban J connectivity index is 2.97. The van der Waals surface area contributed by atoms with Gasteiger partial charge in [0, 0.05) is 5.92 Å². The molecule has 0 spiro atoms. The number of aliphatic carboxylic acids is 1. The van der Waals surface area contributed by atoms with Gasteiger partial charge >= 0.3 is 5.97 Å². The van der Waals surface area contributed by atoms with E-state index in [0.29, 0.717) is 12.1 Å². The number of oxime groups is 1. The SMILES string of the molecule is CC1=C/C(=N\O)C(C(C)(C)C(=O)O)C1. The number of hydrogen-bond acceptors (Lipinski definition) is 3. The van der Waals surface area contributed by atoms with Crippen molar-refractivity contribution in [1.82, 2.24) is 0 Å². The third-order valence-electron chi connectivity index (χ3n) is 2.82. The van der Waals surface area contributed by atoms with Crippen LogP contribution in [0.2, 0.25) is 0 Å². The fourth-order valence-electron chi connectivity index (χ4n) is 1.71. The van der Waals surface area contributed by atoms with Crippen LogP contribution in [0.1, 0.15) is 27.2 Å². The molecule has 0 amide bonds. The van der Waals surface area contributed by atoms with Gasteiger partial charge < -0.3 is 10.3 Å². The van der Waals surface area contributed by atoms with Crippen LogP contribution in [0.3, 0.4) is 0 Å². The number of hydrogen-bond donors (Lipinski definition) is 2. The Morgan fingerprint density at radius 1 is 1.64 bits per heavy atom. The first-order valence-corrected chi connectivity index (χ1v) is 4.52. The maximum atomic E-state index is 11.0. The van der Waals surface area contributed by atoms with Gasteiger partial charge in [0.05, 0.1) is 11.1 Å². The van der Waals surface area contributed by atoms with Crippen LogP contribution >= 0.6 is 0 Å². The highest BCUT2D eigenvalue weighted by Gasteiger charge is 2.41. The van der Waals surface area contributed by atoms with Gasteiger partial charge in [0.1, 0.15) is 0 Å². The third kappa shape index (κ3) is 1.64. The minimum absolute atomic E-state index is 0.231. The van der Waals surface area contributed by atoms with Crippen LogP contribution in [0.25, 0.3) is 0 Å². The molecule has 0 saturated carbocycles. The van der Waals surface area contributed by atoms with Crippen LogP contribution in [0, 0.1) is 11.3 Å². The van der Waals surface area contributed by atoms with E-state index in [2.05, 4.69) is 5.16 Å². The maximum Gasteiger partial charge on any atom is 0.309 e. The first-order chi connectivity index (χ1) is 6.39. The number of carboxylic acid groups (broad SMARTS) is 1. The summed E-state index contributed by atoms with van der Waals surface area (Å²) in [6.45, 7) is 5.21. The summed E-state index contributed by atoms with van der Waals surface area (Å²) in [6.07, 6.45) is 2.40. The average molecular weight is 197 g/mol. The summed E-state index contributed by atoms with van der Waals surface area (Å²) in [5, 5.41) is 20.9. The molecular weight excluding hydrogens is 182 g/mol. The minimum Gasteiger partial charge on any atom is -0.481 e. The Morgan fingerprint density at radius 3 is 2.64 bits per heavy atom. The first-order valence-electron chi connectivity index (χ1n) is 4.52. The summed E-state index contributed by atoms with van der Waals surface area (Å²) in [6, 6.07) is 0. The zero-order valence-electron chi connectivity index (χ0n) is 8.61. The molecule has 1 atom stereocenters.